The van der Waals surface area contributed by atoms with Crippen LogP contribution in [0.25, 0.3) is 11.0 Å². The number of aromatic nitrogens is 2. The van der Waals surface area contributed by atoms with Crippen LogP contribution in [-0.2, 0) is 9.47 Å². The zero-order valence-corrected chi connectivity index (χ0v) is 15.3. The lowest BCUT2D eigenvalue weighted by Gasteiger charge is -2.32. The largest absolute Gasteiger partial charge is 0.379 e. The van der Waals surface area contributed by atoms with Crippen molar-refractivity contribution in [2.75, 3.05) is 19.8 Å². The van der Waals surface area contributed by atoms with Crippen LogP contribution in [0.3, 0.4) is 0 Å². The summed E-state index contributed by atoms with van der Waals surface area (Å²) in [5.41, 5.74) is 3.91. The first-order valence-electron chi connectivity index (χ1n) is 9.35. The second kappa shape index (κ2) is 7.29. The van der Waals surface area contributed by atoms with Crippen LogP contribution in [0, 0.1) is 19.8 Å². The second-order valence-corrected chi connectivity index (χ2v) is 7.36. The van der Waals surface area contributed by atoms with Crippen LogP contribution in [0.1, 0.15) is 41.0 Å². The van der Waals surface area contributed by atoms with Crippen LogP contribution in [-0.4, -0.2) is 47.8 Å². The van der Waals surface area contributed by atoms with Crippen LogP contribution in [0.5, 0.6) is 0 Å². The van der Waals surface area contributed by atoms with Crippen molar-refractivity contribution in [3.05, 3.63) is 35.2 Å². The highest BCUT2D eigenvalue weighted by Crippen LogP contribution is 2.30. The molecule has 1 aliphatic heterocycles. The smallest absolute Gasteiger partial charge is 0.251 e. The van der Waals surface area contributed by atoms with Gasteiger partial charge < -0.3 is 14.8 Å². The number of aryl methyl sites for hydroxylation is 2. The molecule has 1 saturated carbocycles. The third-order valence-corrected chi connectivity index (χ3v) is 5.19. The highest BCUT2D eigenvalue weighted by Gasteiger charge is 2.31. The van der Waals surface area contributed by atoms with Crippen molar-refractivity contribution >= 4 is 16.9 Å². The fourth-order valence-corrected chi connectivity index (χ4v) is 3.22. The summed E-state index contributed by atoms with van der Waals surface area (Å²) in [7, 11) is 0. The molecule has 2 aromatic rings. The van der Waals surface area contributed by atoms with Crippen molar-refractivity contribution in [2.24, 2.45) is 5.92 Å². The minimum Gasteiger partial charge on any atom is -0.379 e. The Kier molecular flexibility index (Phi) is 4.87. The normalized spacial score (nSPS) is 23.2. The third kappa shape index (κ3) is 3.86. The Morgan fingerprint density at radius 2 is 1.96 bits per heavy atom. The summed E-state index contributed by atoms with van der Waals surface area (Å²) in [6.45, 7) is 5.84. The Hall–Kier alpha value is -2.05. The van der Waals surface area contributed by atoms with E-state index in [1.165, 1.54) is 12.8 Å². The van der Waals surface area contributed by atoms with Crippen LogP contribution < -0.4 is 5.32 Å². The molecule has 138 valence electrons. The van der Waals surface area contributed by atoms with Crippen LogP contribution >= 0.6 is 0 Å². The number of fused-ring (bicyclic) bond motifs is 1. The number of rotatable bonds is 5. The maximum absolute atomic E-state index is 12.7. The van der Waals surface area contributed by atoms with E-state index in [4.69, 9.17) is 9.47 Å². The summed E-state index contributed by atoms with van der Waals surface area (Å²) in [4.78, 5) is 21.8. The second-order valence-electron chi connectivity index (χ2n) is 7.36. The molecule has 0 spiro atoms. The highest BCUT2D eigenvalue weighted by atomic mass is 16.5. The van der Waals surface area contributed by atoms with E-state index < -0.39 is 0 Å². The molecule has 2 aliphatic rings. The standard InChI is InChI=1S/C20H25N3O3/c1-12-13(2)22-17-9-15(5-6-16(17)21-12)20(24)23-18-11-25-8-7-19(18)26-10-14-3-4-14/h5-6,9,14,18-19H,3-4,7-8,10-11H2,1-2H3,(H,23,24)/t18-,19+/m1/s1. The number of benzene rings is 1. The Balaban J connectivity index is 1.47. The number of ether oxygens (including phenoxy) is 2. The van der Waals surface area contributed by atoms with Gasteiger partial charge in [0.15, 0.2) is 0 Å². The van der Waals surface area contributed by atoms with E-state index in [2.05, 4.69) is 15.3 Å². The van der Waals surface area contributed by atoms with Gasteiger partial charge in [-0.1, -0.05) is 0 Å². The third-order valence-electron chi connectivity index (χ3n) is 5.19. The first-order chi connectivity index (χ1) is 12.6. The molecule has 2 atom stereocenters. The molecule has 1 aliphatic carbocycles. The minimum atomic E-state index is -0.123. The summed E-state index contributed by atoms with van der Waals surface area (Å²) in [5.74, 6) is 0.586. The van der Waals surface area contributed by atoms with Gasteiger partial charge in [0.2, 0.25) is 0 Å². The summed E-state index contributed by atoms with van der Waals surface area (Å²) < 4.78 is 11.6. The van der Waals surface area contributed by atoms with Crippen LogP contribution in [0.15, 0.2) is 18.2 Å². The molecule has 1 aromatic heterocycles. The zero-order chi connectivity index (χ0) is 18.1. The van der Waals surface area contributed by atoms with Gasteiger partial charge in [-0.3, -0.25) is 4.79 Å². The lowest BCUT2D eigenvalue weighted by atomic mass is 10.1. The predicted octanol–water partition coefficient (Wildman–Crippen LogP) is 2.56. The van der Waals surface area contributed by atoms with Gasteiger partial charge in [0.25, 0.3) is 5.91 Å². The number of hydrogen-bond donors (Lipinski definition) is 1. The number of amides is 1. The lowest BCUT2D eigenvalue weighted by Crippen LogP contribution is -2.50. The molecule has 0 unspecified atom stereocenters. The van der Waals surface area contributed by atoms with Gasteiger partial charge >= 0.3 is 0 Å². The van der Waals surface area contributed by atoms with Crippen molar-refractivity contribution in [1.29, 1.82) is 0 Å². The van der Waals surface area contributed by atoms with E-state index in [1.54, 1.807) is 12.1 Å². The quantitative estimate of drug-likeness (QED) is 0.892. The average molecular weight is 355 g/mol. The molecule has 2 fully saturated rings. The van der Waals surface area contributed by atoms with E-state index >= 15 is 0 Å². The summed E-state index contributed by atoms with van der Waals surface area (Å²) in [5, 5.41) is 3.08. The topological polar surface area (TPSA) is 73.3 Å². The van der Waals surface area contributed by atoms with Gasteiger partial charge in [0.05, 0.1) is 41.2 Å². The van der Waals surface area contributed by atoms with Crippen molar-refractivity contribution in [3.63, 3.8) is 0 Å². The fourth-order valence-electron chi connectivity index (χ4n) is 3.22. The first kappa shape index (κ1) is 17.4. The molecule has 6 heteroatoms. The maximum Gasteiger partial charge on any atom is 0.251 e. The number of carbonyl (C=O) groups is 1. The maximum atomic E-state index is 12.7. The lowest BCUT2D eigenvalue weighted by molar-refractivity contribution is -0.0567. The molecule has 6 nitrogen and oxygen atoms in total. The highest BCUT2D eigenvalue weighted by molar-refractivity contribution is 5.97. The number of hydrogen-bond acceptors (Lipinski definition) is 5. The minimum absolute atomic E-state index is 0.0263. The van der Waals surface area contributed by atoms with E-state index in [0.717, 1.165) is 35.4 Å². The molecule has 0 radical (unpaired) electrons. The molecular formula is C20H25N3O3. The number of carbonyl (C=O) groups excluding carboxylic acids is 1. The molecule has 4 rings (SSSR count). The molecule has 0 bridgehead atoms. The molecule has 1 N–H and O–H groups in total. The van der Waals surface area contributed by atoms with E-state index in [-0.39, 0.29) is 18.1 Å². The van der Waals surface area contributed by atoms with Crippen molar-refractivity contribution in [1.82, 2.24) is 15.3 Å². The summed E-state index contributed by atoms with van der Waals surface area (Å²) in [6, 6.07) is 5.33. The van der Waals surface area contributed by atoms with Gasteiger partial charge in [0.1, 0.15) is 0 Å². The molecule has 26 heavy (non-hydrogen) atoms. The Bertz CT molecular complexity index is 819. The van der Waals surface area contributed by atoms with Gasteiger partial charge in [-0.2, -0.15) is 0 Å². The van der Waals surface area contributed by atoms with Gasteiger partial charge in [0, 0.05) is 18.8 Å². The van der Waals surface area contributed by atoms with Crippen LogP contribution in [0.4, 0.5) is 0 Å². The summed E-state index contributed by atoms with van der Waals surface area (Å²) >= 11 is 0. The van der Waals surface area contributed by atoms with Crippen LogP contribution in [0.2, 0.25) is 0 Å². The molecular weight excluding hydrogens is 330 g/mol. The predicted molar refractivity (Wildman–Crippen MR) is 98.2 cm³/mol. The number of nitrogens with zero attached hydrogens (tertiary/aromatic N) is 2. The van der Waals surface area contributed by atoms with Gasteiger partial charge in [-0.05, 0) is 57.2 Å². The monoisotopic (exact) mass is 355 g/mol. The first-order valence-corrected chi connectivity index (χ1v) is 9.35. The Labute approximate surface area is 153 Å². The van der Waals surface area contributed by atoms with E-state index in [0.29, 0.717) is 24.7 Å². The van der Waals surface area contributed by atoms with Gasteiger partial charge in [-0.15, -0.1) is 0 Å². The summed E-state index contributed by atoms with van der Waals surface area (Å²) in [6.07, 6.45) is 3.37. The van der Waals surface area contributed by atoms with E-state index in [9.17, 15) is 4.79 Å². The Morgan fingerprint density at radius 1 is 1.19 bits per heavy atom. The van der Waals surface area contributed by atoms with Gasteiger partial charge in [-0.25, -0.2) is 9.97 Å². The van der Waals surface area contributed by atoms with E-state index in [1.807, 2.05) is 19.9 Å². The Morgan fingerprint density at radius 3 is 2.73 bits per heavy atom. The number of nitrogens with one attached hydrogen (secondary N) is 1. The molecule has 1 saturated heterocycles. The molecule has 1 amide bonds. The van der Waals surface area contributed by atoms with Crippen molar-refractivity contribution in [3.8, 4) is 0 Å². The zero-order valence-electron chi connectivity index (χ0n) is 15.3. The SMILES string of the molecule is Cc1nc2ccc(C(=O)N[C@@H]3COCC[C@@H]3OCC3CC3)cc2nc1C. The molecule has 1 aromatic carbocycles. The molecule has 2 heterocycles. The van der Waals surface area contributed by atoms with Crippen molar-refractivity contribution in [2.45, 2.75) is 45.3 Å². The fraction of sp³-hybridized carbons (Fsp3) is 0.550. The average Bonchev–Trinajstić information content (AvgIpc) is 3.46. The van der Waals surface area contributed by atoms with Crippen molar-refractivity contribution < 1.29 is 14.3 Å².